The third-order valence-corrected chi connectivity index (χ3v) is 4.12. The Morgan fingerprint density at radius 3 is 2.72 bits per heavy atom. The smallest absolute Gasteiger partial charge is 0.0233 e. The summed E-state index contributed by atoms with van der Waals surface area (Å²) in [5, 5.41) is 3.68. The summed E-state index contributed by atoms with van der Waals surface area (Å²) in [6.45, 7) is 4.90. The normalized spacial score (nSPS) is 25.2. The minimum absolute atomic E-state index is 0.856. The zero-order valence-corrected chi connectivity index (χ0v) is 11.1. The van der Waals surface area contributed by atoms with Crippen LogP contribution in [0.5, 0.6) is 0 Å². The molecule has 0 spiro atoms. The zero-order valence-electron chi connectivity index (χ0n) is 11.1. The van der Waals surface area contributed by atoms with Crippen LogP contribution in [0.3, 0.4) is 0 Å². The molecule has 1 saturated carbocycles. The van der Waals surface area contributed by atoms with E-state index in [0.29, 0.717) is 0 Å². The maximum Gasteiger partial charge on any atom is 0.0233 e. The molecule has 2 aliphatic rings. The Bertz CT molecular complexity index is 359. The van der Waals surface area contributed by atoms with E-state index in [1.54, 1.807) is 0 Å². The first-order valence-electron chi connectivity index (χ1n) is 7.40. The highest BCUT2D eigenvalue weighted by Gasteiger charge is 2.24. The topological polar surface area (TPSA) is 15.3 Å². The summed E-state index contributed by atoms with van der Waals surface area (Å²) in [6.07, 6.45) is 5.58. The Kier molecular flexibility index (Phi) is 3.96. The molecule has 2 nitrogen and oxygen atoms in total. The highest BCUT2D eigenvalue weighted by atomic mass is 15.1. The van der Waals surface area contributed by atoms with Crippen molar-refractivity contribution in [3.63, 3.8) is 0 Å². The molecule has 2 fully saturated rings. The summed E-state index contributed by atoms with van der Waals surface area (Å²) in [7, 11) is 0. The third-order valence-electron chi connectivity index (χ3n) is 4.12. The van der Waals surface area contributed by atoms with Gasteiger partial charge in [-0.2, -0.15) is 0 Å². The van der Waals surface area contributed by atoms with Gasteiger partial charge in [0.25, 0.3) is 0 Å². The second-order valence-corrected chi connectivity index (χ2v) is 5.91. The Balaban J connectivity index is 1.47. The van der Waals surface area contributed by atoms with E-state index in [1.165, 1.54) is 50.9 Å². The van der Waals surface area contributed by atoms with Crippen molar-refractivity contribution >= 4 is 0 Å². The van der Waals surface area contributed by atoms with Crippen LogP contribution >= 0.6 is 0 Å². The molecule has 1 aliphatic heterocycles. The molecular weight excluding hydrogens is 220 g/mol. The largest absolute Gasteiger partial charge is 0.314 e. The van der Waals surface area contributed by atoms with Gasteiger partial charge < -0.3 is 5.32 Å². The predicted octanol–water partition coefficient (Wildman–Crippen LogP) is 2.65. The van der Waals surface area contributed by atoms with Gasteiger partial charge in [-0.1, -0.05) is 30.3 Å². The summed E-state index contributed by atoms with van der Waals surface area (Å²) in [5.74, 6) is 0.864. The quantitative estimate of drug-likeness (QED) is 0.856. The molecule has 0 bridgehead atoms. The van der Waals surface area contributed by atoms with Gasteiger partial charge in [0.05, 0.1) is 0 Å². The van der Waals surface area contributed by atoms with Crippen LogP contribution in [0.15, 0.2) is 30.3 Å². The standard InChI is InChI=1S/C16H24N2/c1-2-5-14(6-3-1)12-18-10-4-7-15(13-18)11-17-16-8-9-16/h1-3,5-6,15-17H,4,7-13H2. The van der Waals surface area contributed by atoms with Crippen molar-refractivity contribution in [1.29, 1.82) is 0 Å². The molecule has 0 amide bonds. The fraction of sp³-hybridized carbons (Fsp3) is 0.625. The predicted molar refractivity (Wildman–Crippen MR) is 75.5 cm³/mol. The minimum atomic E-state index is 0.856. The molecule has 3 rings (SSSR count). The van der Waals surface area contributed by atoms with Gasteiger partial charge in [-0.15, -0.1) is 0 Å². The van der Waals surface area contributed by atoms with Gasteiger partial charge in [0, 0.05) is 19.1 Å². The molecule has 98 valence electrons. The first-order valence-corrected chi connectivity index (χ1v) is 7.40. The molecular formula is C16H24N2. The van der Waals surface area contributed by atoms with E-state index in [4.69, 9.17) is 0 Å². The van der Waals surface area contributed by atoms with Crippen LogP contribution in [0.4, 0.5) is 0 Å². The first-order chi connectivity index (χ1) is 8.90. The molecule has 1 unspecified atom stereocenters. The minimum Gasteiger partial charge on any atom is -0.314 e. The first kappa shape index (κ1) is 12.2. The van der Waals surface area contributed by atoms with E-state index in [-0.39, 0.29) is 0 Å². The molecule has 1 atom stereocenters. The summed E-state index contributed by atoms with van der Waals surface area (Å²) in [5.41, 5.74) is 1.45. The van der Waals surface area contributed by atoms with Crippen LogP contribution in [0, 0.1) is 5.92 Å². The second-order valence-electron chi connectivity index (χ2n) is 5.91. The molecule has 1 N–H and O–H groups in total. The Hall–Kier alpha value is -0.860. The van der Waals surface area contributed by atoms with Crippen molar-refractivity contribution in [2.75, 3.05) is 19.6 Å². The summed E-state index contributed by atoms with van der Waals surface area (Å²) >= 11 is 0. The summed E-state index contributed by atoms with van der Waals surface area (Å²) < 4.78 is 0. The van der Waals surface area contributed by atoms with E-state index in [2.05, 4.69) is 40.5 Å². The fourth-order valence-corrected chi connectivity index (χ4v) is 2.92. The van der Waals surface area contributed by atoms with Crippen LogP contribution in [-0.2, 0) is 6.54 Å². The fourth-order valence-electron chi connectivity index (χ4n) is 2.92. The van der Waals surface area contributed by atoms with Gasteiger partial charge in [0.2, 0.25) is 0 Å². The molecule has 2 heteroatoms. The van der Waals surface area contributed by atoms with Crippen molar-refractivity contribution in [1.82, 2.24) is 10.2 Å². The van der Waals surface area contributed by atoms with E-state index < -0.39 is 0 Å². The Morgan fingerprint density at radius 2 is 1.94 bits per heavy atom. The lowest BCUT2D eigenvalue weighted by Gasteiger charge is -2.33. The van der Waals surface area contributed by atoms with Crippen molar-refractivity contribution in [3.8, 4) is 0 Å². The highest BCUT2D eigenvalue weighted by Crippen LogP contribution is 2.22. The average molecular weight is 244 g/mol. The number of hydrogen-bond donors (Lipinski definition) is 1. The van der Waals surface area contributed by atoms with Crippen molar-refractivity contribution < 1.29 is 0 Å². The van der Waals surface area contributed by atoms with Crippen LogP contribution in [-0.4, -0.2) is 30.6 Å². The molecule has 1 aliphatic carbocycles. The number of hydrogen-bond acceptors (Lipinski definition) is 2. The van der Waals surface area contributed by atoms with Crippen LogP contribution in [0.1, 0.15) is 31.2 Å². The number of piperidine rings is 1. The molecule has 0 aromatic heterocycles. The van der Waals surface area contributed by atoms with Crippen molar-refractivity contribution in [3.05, 3.63) is 35.9 Å². The van der Waals surface area contributed by atoms with Crippen LogP contribution in [0.2, 0.25) is 0 Å². The van der Waals surface area contributed by atoms with E-state index in [0.717, 1.165) is 18.5 Å². The molecule has 1 aromatic rings. The number of benzene rings is 1. The van der Waals surface area contributed by atoms with Gasteiger partial charge in [-0.05, 0) is 50.3 Å². The van der Waals surface area contributed by atoms with Crippen molar-refractivity contribution in [2.24, 2.45) is 5.92 Å². The van der Waals surface area contributed by atoms with E-state index in [9.17, 15) is 0 Å². The molecule has 0 radical (unpaired) electrons. The molecule has 1 aromatic carbocycles. The Morgan fingerprint density at radius 1 is 1.11 bits per heavy atom. The third kappa shape index (κ3) is 3.56. The number of rotatable bonds is 5. The maximum atomic E-state index is 3.68. The lowest BCUT2D eigenvalue weighted by molar-refractivity contribution is 0.165. The van der Waals surface area contributed by atoms with Gasteiger partial charge in [-0.3, -0.25) is 4.90 Å². The number of likely N-dealkylation sites (tertiary alicyclic amines) is 1. The van der Waals surface area contributed by atoms with E-state index >= 15 is 0 Å². The monoisotopic (exact) mass is 244 g/mol. The highest BCUT2D eigenvalue weighted by molar-refractivity contribution is 5.14. The number of nitrogens with zero attached hydrogens (tertiary/aromatic N) is 1. The van der Waals surface area contributed by atoms with E-state index in [1.807, 2.05) is 0 Å². The lowest BCUT2D eigenvalue weighted by atomic mass is 9.97. The zero-order chi connectivity index (χ0) is 12.2. The van der Waals surface area contributed by atoms with Gasteiger partial charge in [-0.25, -0.2) is 0 Å². The summed E-state index contributed by atoms with van der Waals surface area (Å²) in [4.78, 5) is 2.62. The number of nitrogens with one attached hydrogen (secondary N) is 1. The van der Waals surface area contributed by atoms with Gasteiger partial charge in [0.1, 0.15) is 0 Å². The van der Waals surface area contributed by atoms with Gasteiger partial charge >= 0.3 is 0 Å². The average Bonchev–Trinajstić information content (AvgIpc) is 3.22. The lowest BCUT2D eigenvalue weighted by Crippen LogP contribution is -2.39. The van der Waals surface area contributed by atoms with Crippen LogP contribution < -0.4 is 5.32 Å². The Labute approximate surface area is 110 Å². The molecule has 18 heavy (non-hydrogen) atoms. The molecule has 1 saturated heterocycles. The summed E-state index contributed by atoms with van der Waals surface area (Å²) in [6, 6.07) is 11.7. The molecule has 1 heterocycles. The SMILES string of the molecule is c1ccc(CN2CCCC(CNC3CC3)C2)cc1. The van der Waals surface area contributed by atoms with Gasteiger partial charge in [0.15, 0.2) is 0 Å². The van der Waals surface area contributed by atoms with Crippen molar-refractivity contribution in [2.45, 2.75) is 38.3 Å². The second kappa shape index (κ2) is 5.85. The van der Waals surface area contributed by atoms with Crippen LogP contribution in [0.25, 0.3) is 0 Å². The maximum absolute atomic E-state index is 3.68.